The van der Waals surface area contributed by atoms with Crippen molar-refractivity contribution in [2.75, 3.05) is 12.4 Å². The Morgan fingerprint density at radius 2 is 1.95 bits per heavy atom. The number of rotatable bonds is 6. The number of carbonyl (C=O) groups excluding carboxylic acids is 2. The molecule has 2 rings (SSSR count). The predicted molar refractivity (Wildman–Crippen MR) is 84.7 cm³/mol. The number of H-pyrrole nitrogens is 1. The summed E-state index contributed by atoms with van der Waals surface area (Å²) in [4.78, 5) is 27.0. The van der Waals surface area contributed by atoms with Crippen LogP contribution in [-0.4, -0.2) is 29.2 Å². The molecule has 0 radical (unpaired) electrons. The van der Waals surface area contributed by atoms with E-state index in [9.17, 15) is 9.59 Å². The first kappa shape index (κ1) is 16.0. The molecule has 3 N–H and O–H groups in total. The lowest BCUT2D eigenvalue weighted by atomic mass is 10.3. The Bertz CT molecular complexity index is 611. The van der Waals surface area contributed by atoms with Crippen LogP contribution >= 0.6 is 11.8 Å². The molecule has 0 unspecified atom stereocenters. The lowest BCUT2D eigenvalue weighted by Crippen LogP contribution is -2.42. The van der Waals surface area contributed by atoms with Crippen molar-refractivity contribution in [2.45, 2.75) is 11.8 Å². The van der Waals surface area contributed by atoms with E-state index in [1.807, 2.05) is 31.2 Å². The highest BCUT2D eigenvalue weighted by atomic mass is 32.2. The minimum absolute atomic E-state index is 0.207. The fourth-order valence-electron chi connectivity index (χ4n) is 1.65. The molecule has 2 aromatic rings. The van der Waals surface area contributed by atoms with Gasteiger partial charge in [0.05, 0.1) is 12.4 Å². The Labute approximate surface area is 132 Å². The van der Waals surface area contributed by atoms with E-state index in [0.717, 1.165) is 10.6 Å². The van der Waals surface area contributed by atoms with E-state index in [1.54, 1.807) is 18.3 Å². The van der Waals surface area contributed by atoms with Crippen molar-refractivity contribution >= 4 is 23.6 Å². The highest BCUT2D eigenvalue weighted by Gasteiger charge is 2.08. The van der Waals surface area contributed by atoms with E-state index in [-0.39, 0.29) is 17.6 Å². The fraction of sp³-hybridized carbons (Fsp3) is 0.200. The zero-order chi connectivity index (χ0) is 15.8. The molecule has 1 heterocycles. The number of hydrogen-bond acceptors (Lipinski definition) is 4. The lowest BCUT2D eigenvalue weighted by molar-refractivity contribution is -0.119. The number of aromatic nitrogens is 1. The van der Waals surface area contributed by atoms with E-state index >= 15 is 0 Å². The summed E-state index contributed by atoms with van der Waals surface area (Å²) >= 11 is 1.38. The van der Waals surface area contributed by atoms with Gasteiger partial charge >= 0.3 is 0 Å². The summed E-state index contributed by atoms with van der Waals surface area (Å²) in [5, 5.41) is 0. The Hall–Kier alpha value is -2.41. The van der Waals surface area contributed by atoms with Crippen LogP contribution in [0.4, 0.5) is 0 Å². The molecule has 0 saturated carbocycles. The maximum atomic E-state index is 11.7. The first-order valence-electron chi connectivity index (χ1n) is 6.77. The molecular weight excluding hydrogens is 302 g/mol. The molecule has 1 aromatic heterocycles. The molecule has 1 aromatic carbocycles. The second-order valence-electron chi connectivity index (χ2n) is 4.28. The number of hydrazine groups is 1. The molecular formula is C15H17N3O3S. The number of aromatic amines is 1. The molecule has 0 spiro atoms. The van der Waals surface area contributed by atoms with Gasteiger partial charge in [-0.15, -0.1) is 11.8 Å². The van der Waals surface area contributed by atoms with Crippen molar-refractivity contribution in [1.82, 2.24) is 15.8 Å². The number of hydrogen-bond donors (Lipinski definition) is 3. The Morgan fingerprint density at radius 3 is 2.59 bits per heavy atom. The molecule has 0 fully saturated rings. The number of nitrogens with one attached hydrogen (secondary N) is 3. The first-order valence-corrected chi connectivity index (χ1v) is 7.76. The van der Waals surface area contributed by atoms with Gasteiger partial charge in [0.25, 0.3) is 5.91 Å². The number of thioether (sulfide) groups is 1. The van der Waals surface area contributed by atoms with Gasteiger partial charge in [-0.25, -0.2) is 0 Å². The van der Waals surface area contributed by atoms with Crippen LogP contribution in [0, 0.1) is 0 Å². The van der Waals surface area contributed by atoms with Gasteiger partial charge in [0, 0.05) is 11.1 Å². The van der Waals surface area contributed by atoms with Crippen molar-refractivity contribution in [3.05, 3.63) is 48.3 Å². The summed E-state index contributed by atoms with van der Waals surface area (Å²) in [7, 11) is 0. The highest BCUT2D eigenvalue weighted by Crippen LogP contribution is 2.21. The number of amides is 2. The van der Waals surface area contributed by atoms with E-state index in [1.165, 1.54) is 11.8 Å². The Morgan fingerprint density at radius 1 is 1.18 bits per heavy atom. The third-order valence-corrected chi connectivity index (χ3v) is 3.67. The highest BCUT2D eigenvalue weighted by molar-refractivity contribution is 8.00. The fourth-order valence-corrected chi connectivity index (χ4v) is 2.35. The van der Waals surface area contributed by atoms with Crippen molar-refractivity contribution < 1.29 is 14.3 Å². The summed E-state index contributed by atoms with van der Waals surface area (Å²) in [5.74, 6) is 0.344. The number of ether oxygens (including phenoxy) is 1. The van der Waals surface area contributed by atoms with Gasteiger partial charge in [-0.3, -0.25) is 20.4 Å². The van der Waals surface area contributed by atoms with Crippen LogP contribution in [-0.2, 0) is 4.79 Å². The minimum atomic E-state index is -0.385. The van der Waals surface area contributed by atoms with Crippen LogP contribution in [0.5, 0.6) is 5.75 Å². The molecule has 0 atom stereocenters. The summed E-state index contributed by atoms with van der Waals surface area (Å²) in [6, 6.07) is 10.8. The monoisotopic (exact) mass is 319 g/mol. The SMILES string of the molecule is CCOc1ccc(SCC(=O)NNC(=O)c2ccc[nH]2)cc1. The molecule has 116 valence electrons. The minimum Gasteiger partial charge on any atom is -0.494 e. The molecule has 0 aliphatic rings. The van der Waals surface area contributed by atoms with Crippen LogP contribution in [0.15, 0.2) is 47.5 Å². The number of benzene rings is 1. The number of carbonyl (C=O) groups is 2. The molecule has 2 amide bonds. The van der Waals surface area contributed by atoms with Crippen LogP contribution in [0.1, 0.15) is 17.4 Å². The zero-order valence-corrected chi connectivity index (χ0v) is 12.9. The average molecular weight is 319 g/mol. The van der Waals surface area contributed by atoms with E-state index in [4.69, 9.17) is 4.74 Å². The van der Waals surface area contributed by atoms with Crippen molar-refractivity contribution in [2.24, 2.45) is 0 Å². The van der Waals surface area contributed by atoms with E-state index < -0.39 is 0 Å². The molecule has 6 nitrogen and oxygen atoms in total. The summed E-state index contributed by atoms with van der Waals surface area (Å²) < 4.78 is 5.35. The van der Waals surface area contributed by atoms with Gasteiger partial charge in [0.2, 0.25) is 5.91 Å². The third-order valence-electron chi connectivity index (χ3n) is 2.66. The molecule has 22 heavy (non-hydrogen) atoms. The predicted octanol–water partition coefficient (Wildman–Crippen LogP) is 1.97. The quantitative estimate of drug-likeness (QED) is 0.561. The maximum Gasteiger partial charge on any atom is 0.286 e. The van der Waals surface area contributed by atoms with Gasteiger partial charge in [0.15, 0.2) is 0 Å². The van der Waals surface area contributed by atoms with Crippen LogP contribution < -0.4 is 15.6 Å². The topological polar surface area (TPSA) is 83.2 Å². The summed E-state index contributed by atoms with van der Waals surface area (Å²) in [5.41, 5.74) is 5.10. The van der Waals surface area contributed by atoms with E-state index in [2.05, 4.69) is 15.8 Å². The summed E-state index contributed by atoms with van der Waals surface area (Å²) in [6.45, 7) is 2.55. The van der Waals surface area contributed by atoms with Crippen LogP contribution in [0.3, 0.4) is 0 Å². The Balaban J connectivity index is 1.72. The maximum absolute atomic E-state index is 11.7. The van der Waals surface area contributed by atoms with Gasteiger partial charge in [-0.2, -0.15) is 0 Å². The second-order valence-corrected chi connectivity index (χ2v) is 5.33. The van der Waals surface area contributed by atoms with Crippen molar-refractivity contribution in [3.63, 3.8) is 0 Å². The average Bonchev–Trinajstić information content (AvgIpc) is 3.07. The smallest absolute Gasteiger partial charge is 0.286 e. The van der Waals surface area contributed by atoms with Gasteiger partial charge < -0.3 is 9.72 Å². The van der Waals surface area contributed by atoms with Crippen LogP contribution in [0.2, 0.25) is 0 Å². The normalized spacial score (nSPS) is 10.0. The zero-order valence-electron chi connectivity index (χ0n) is 12.1. The van der Waals surface area contributed by atoms with Crippen molar-refractivity contribution in [1.29, 1.82) is 0 Å². The lowest BCUT2D eigenvalue weighted by Gasteiger charge is -2.07. The molecule has 7 heteroatoms. The summed E-state index contributed by atoms with van der Waals surface area (Å²) in [6.07, 6.45) is 1.64. The second kappa shape index (κ2) is 8.14. The standard InChI is InChI=1S/C15H17N3O3S/c1-2-21-11-5-7-12(8-6-11)22-10-14(19)17-18-15(20)13-4-3-9-16-13/h3-9,16H,2,10H2,1H3,(H,17,19)(H,18,20). The largest absolute Gasteiger partial charge is 0.494 e. The molecule has 0 aliphatic carbocycles. The Kier molecular flexibility index (Phi) is 5.91. The third kappa shape index (κ3) is 4.85. The first-order chi connectivity index (χ1) is 10.7. The van der Waals surface area contributed by atoms with Gasteiger partial charge in [0.1, 0.15) is 11.4 Å². The molecule has 0 saturated heterocycles. The van der Waals surface area contributed by atoms with Crippen LogP contribution in [0.25, 0.3) is 0 Å². The van der Waals surface area contributed by atoms with Crippen molar-refractivity contribution in [3.8, 4) is 5.75 Å². The molecule has 0 bridgehead atoms. The van der Waals surface area contributed by atoms with Gasteiger partial charge in [-0.1, -0.05) is 0 Å². The molecule has 0 aliphatic heterocycles. The van der Waals surface area contributed by atoms with Gasteiger partial charge in [-0.05, 0) is 43.3 Å². The van der Waals surface area contributed by atoms with E-state index in [0.29, 0.717) is 12.3 Å².